The zero-order valence-corrected chi connectivity index (χ0v) is 14.0. The van der Waals surface area contributed by atoms with Crippen molar-refractivity contribution in [3.8, 4) is 11.4 Å². The number of rotatable bonds is 4. The molecule has 0 fully saturated rings. The van der Waals surface area contributed by atoms with E-state index in [2.05, 4.69) is 24.4 Å². The minimum atomic E-state index is -4.75. The van der Waals surface area contributed by atoms with Crippen LogP contribution in [0.3, 0.4) is 0 Å². The van der Waals surface area contributed by atoms with E-state index in [4.69, 9.17) is 0 Å². The predicted molar refractivity (Wildman–Crippen MR) is 84.5 cm³/mol. The molecule has 0 saturated heterocycles. The van der Waals surface area contributed by atoms with Crippen LogP contribution in [0.15, 0.2) is 52.1 Å². The molecule has 7 nitrogen and oxygen atoms in total. The van der Waals surface area contributed by atoms with Crippen LogP contribution in [0.1, 0.15) is 11.5 Å². The minimum Gasteiger partial charge on any atom is -0.329 e. The van der Waals surface area contributed by atoms with Gasteiger partial charge in [0.05, 0.1) is 16.8 Å². The van der Waals surface area contributed by atoms with E-state index in [9.17, 15) is 21.6 Å². The fraction of sp³-hybridized carbons (Fsp3) is 0.133. The summed E-state index contributed by atoms with van der Waals surface area (Å²) in [5, 5.41) is 3.24. The van der Waals surface area contributed by atoms with Crippen LogP contribution in [-0.2, 0) is 16.2 Å². The topological polar surface area (TPSA) is 98.0 Å². The lowest BCUT2D eigenvalue weighted by molar-refractivity contribution is -0.159. The number of halogens is 3. The van der Waals surface area contributed by atoms with Gasteiger partial charge in [-0.25, -0.2) is 8.42 Å². The lowest BCUT2D eigenvalue weighted by Gasteiger charge is -2.10. The van der Waals surface area contributed by atoms with E-state index in [1.807, 2.05) is 0 Å². The summed E-state index contributed by atoms with van der Waals surface area (Å²) in [4.78, 5) is 7.02. The van der Waals surface area contributed by atoms with Crippen molar-refractivity contribution < 1.29 is 26.1 Å². The first-order valence-electron chi connectivity index (χ1n) is 7.11. The summed E-state index contributed by atoms with van der Waals surface area (Å²) in [6, 6.07) is 6.68. The number of nitrogens with one attached hydrogen (secondary N) is 1. The van der Waals surface area contributed by atoms with E-state index in [0.717, 1.165) is 0 Å². The molecule has 0 unspecified atom stereocenters. The molecule has 0 atom stereocenters. The van der Waals surface area contributed by atoms with Gasteiger partial charge in [0.15, 0.2) is 0 Å². The van der Waals surface area contributed by atoms with Crippen molar-refractivity contribution in [1.82, 2.24) is 15.1 Å². The van der Waals surface area contributed by atoms with E-state index in [0.29, 0.717) is 11.3 Å². The Balaban J connectivity index is 1.85. The second kappa shape index (κ2) is 6.41. The molecular weight excluding hydrogens is 373 g/mol. The number of aromatic nitrogens is 3. The number of hydrogen-bond acceptors (Lipinski definition) is 6. The number of hydrogen-bond donors (Lipinski definition) is 1. The highest BCUT2D eigenvalue weighted by Crippen LogP contribution is 2.29. The van der Waals surface area contributed by atoms with E-state index < -0.39 is 22.1 Å². The first-order chi connectivity index (χ1) is 12.2. The maximum absolute atomic E-state index is 12.5. The summed E-state index contributed by atoms with van der Waals surface area (Å²) in [6.45, 7) is 1.72. The Bertz CT molecular complexity index is 1030. The molecule has 0 saturated carbocycles. The van der Waals surface area contributed by atoms with Crippen LogP contribution in [0.4, 0.5) is 18.9 Å². The van der Waals surface area contributed by atoms with E-state index in [-0.39, 0.29) is 16.3 Å². The van der Waals surface area contributed by atoms with E-state index in [1.165, 1.54) is 36.7 Å². The molecule has 0 aliphatic rings. The van der Waals surface area contributed by atoms with Gasteiger partial charge in [0.1, 0.15) is 0 Å². The van der Waals surface area contributed by atoms with Crippen molar-refractivity contribution in [3.63, 3.8) is 0 Å². The first kappa shape index (κ1) is 17.9. The lowest BCUT2D eigenvalue weighted by Crippen LogP contribution is -2.13. The predicted octanol–water partition coefficient (Wildman–Crippen LogP) is 3.26. The highest BCUT2D eigenvalue weighted by Gasteiger charge is 2.38. The maximum atomic E-state index is 12.5. The third kappa shape index (κ3) is 3.67. The largest absolute Gasteiger partial charge is 0.471 e. The van der Waals surface area contributed by atoms with Crippen molar-refractivity contribution in [2.24, 2.45) is 0 Å². The third-order valence-corrected chi connectivity index (χ3v) is 4.76. The van der Waals surface area contributed by atoms with Gasteiger partial charge >= 0.3 is 12.1 Å². The van der Waals surface area contributed by atoms with Crippen molar-refractivity contribution in [2.45, 2.75) is 18.0 Å². The monoisotopic (exact) mass is 384 g/mol. The maximum Gasteiger partial charge on any atom is 0.471 e. The zero-order chi connectivity index (χ0) is 18.9. The van der Waals surface area contributed by atoms with Crippen LogP contribution in [0.2, 0.25) is 0 Å². The van der Waals surface area contributed by atoms with Crippen LogP contribution in [0.5, 0.6) is 0 Å². The molecular formula is C15H11F3N4O3S. The van der Waals surface area contributed by atoms with Gasteiger partial charge in [-0.15, -0.1) is 0 Å². The fourth-order valence-electron chi connectivity index (χ4n) is 2.01. The van der Waals surface area contributed by atoms with Gasteiger partial charge in [0.2, 0.25) is 5.82 Å². The fourth-order valence-corrected chi connectivity index (χ4v) is 3.13. The Morgan fingerprint density at radius 3 is 2.38 bits per heavy atom. The number of anilines is 1. The molecule has 0 aliphatic heterocycles. The Morgan fingerprint density at radius 1 is 1.12 bits per heavy atom. The van der Waals surface area contributed by atoms with Crippen molar-refractivity contribution in [3.05, 3.63) is 54.2 Å². The van der Waals surface area contributed by atoms with Gasteiger partial charge in [-0.05, 0) is 42.8 Å². The van der Waals surface area contributed by atoms with Gasteiger partial charge in [0.25, 0.3) is 10.0 Å². The molecule has 0 amide bonds. The standard InChI is InChI=1S/C15H11F3N4O3S/c1-9-6-7-19-8-12(9)22-26(23,24)11-4-2-10(3-5-11)13-20-14(25-21-13)15(16,17)18/h2-8,22H,1H3. The normalized spacial score (nSPS) is 12.2. The van der Waals surface area contributed by atoms with Crippen LogP contribution < -0.4 is 4.72 Å². The van der Waals surface area contributed by atoms with Gasteiger partial charge in [0, 0.05) is 11.8 Å². The molecule has 0 radical (unpaired) electrons. The molecule has 11 heteroatoms. The average Bonchev–Trinajstić information content (AvgIpc) is 3.07. The Labute approximate surface area is 145 Å². The molecule has 3 rings (SSSR count). The zero-order valence-electron chi connectivity index (χ0n) is 13.1. The van der Waals surface area contributed by atoms with Crippen LogP contribution >= 0.6 is 0 Å². The summed E-state index contributed by atoms with van der Waals surface area (Å²) in [7, 11) is -3.89. The van der Waals surface area contributed by atoms with E-state index >= 15 is 0 Å². The summed E-state index contributed by atoms with van der Waals surface area (Å²) in [5.74, 6) is -1.77. The summed E-state index contributed by atoms with van der Waals surface area (Å²) in [6.07, 6.45) is -1.85. The Morgan fingerprint density at radius 2 is 1.81 bits per heavy atom. The molecule has 26 heavy (non-hydrogen) atoms. The number of sulfonamides is 1. The second-order valence-electron chi connectivity index (χ2n) is 5.24. The quantitative estimate of drug-likeness (QED) is 0.741. The SMILES string of the molecule is Cc1ccncc1NS(=O)(=O)c1ccc(-c2noc(C(F)(F)F)n2)cc1. The number of pyridine rings is 1. The first-order valence-corrected chi connectivity index (χ1v) is 8.60. The summed E-state index contributed by atoms with van der Waals surface area (Å²) in [5.41, 5.74) is 1.19. The van der Waals surface area contributed by atoms with Crippen LogP contribution in [0, 0.1) is 6.92 Å². The van der Waals surface area contributed by atoms with Gasteiger partial charge in [-0.2, -0.15) is 18.2 Å². The van der Waals surface area contributed by atoms with Gasteiger partial charge in [-0.1, -0.05) is 5.16 Å². The second-order valence-corrected chi connectivity index (χ2v) is 6.92. The Kier molecular flexibility index (Phi) is 4.40. The molecule has 3 aromatic rings. The van der Waals surface area contributed by atoms with Crippen LogP contribution in [0.25, 0.3) is 11.4 Å². The number of aryl methyl sites for hydroxylation is 1. The highest BCUT2D eigenvalue weighted by atomic mass is 32.2. The van der Waals surface area contributed by atoms with Crippen LogP contribution in [-0.4, -0.2) is 23.5 Å². The third-order valence-electron chi connectivity index (χ3n) is 3.37. The van der Waals surface area contributed by atoms with Gasteiger partial charge < -0.3 is 4.52 Å². The molecule has 2 aromatic heterocycles. The van der Waals surface area contributed by atoms with Crippen molar-refractivity contribution in [2.75, 3.05) is 4.72 Å². The minimum absolute atomic E-state index is 0.0796. The molecule has 1 aromatic carbocycles. The molecule has 2 heterocycles. The molecule has 1 N–H and O–H groups in total. The number of benzene rings is 1. The number of alkyl halides is 3. The smallest absolute Gasteiger partial charge is 0.329 e. The summed E-state index contributed by atoms with van der Waals surface area (Å²) < 4.78 is 68.8. The molecule has 0 spiro atoms. The van der Waals surface area contributed by atoms with E-state index in [1.54, 1.807) is 13.0 Å². The Hall–Kier alpha value is -2.95. The van der Waals surface area contributed by atoms with Gasteiger partial charge in [-0.3, -0.25) is 9.71 Å². The van der Waals surface area contributed by atoms with Crippen molar-refractivity contribution in [1.29, 1.82) is 0 Å². The molecule has 0 bridgehead atoms. The molecule has 0 aliphatic carbocycles. The number of nitrogens with zero attached hydrogens (tertiary/aromatic N) is 3. The highest BCUT2D eigenvalue weighted by molar-refractivity contribution is 7.92. The summed E-state index contributed by atoms with van der Waals surface area (Å²) >= 11 is 0. The van der Waals surface area contributed by atoms with Crippen molar-refractivity contribution >= 4 is 15.7 Å². The lowest BCUT2D eigenvalue weighted by atomic mass is 10.2. The average molecular weight is 384 g/mol. The molecule has 136 valence electrons.